The molecule has 0 heterocycles. The molecule has 4 nitrogen and oxygen atoms in total. The smallest absolute Gasteiger partial charge is 0.369 e. The van der Waals surface area contributed by atoms with Crippen LogP contribution in [0, 0.1) is 0 Å². The Labute approximate surface area is 117 Å². The Bertz CT molecular complexity index is 272. The summed E-state index contributed by atoms with van der Waals surface area (Å²) >= 11 is 0. The first-order valence-electron chi connectivity index (χ1n) is 6.85. The molecule has 0 aromatic heterocycles. The van der Waals surface area contributed by atoms with Gasteiger partial charge in [0.05, 0.1) is 12.1 Å². The van der Waals surface area contributed by atoms with Crippen LogP contribution in [0.25, 0.3) is 0 Å². The zero-order valence-electron chi connectivity index (χ0n) is 12.2. The summed E-state index contributed by atoms with van der Waals surface area (Å²) in [5.41, 5.74) is 0. The highest BCUT2D eigenvalue weighted by atomic mass is 19.4. The summed E-state index contributed by atoms with van der Waals surface area (Å²) in [6.45, 7) is 0.760. The Kier molecular flexibility index (Phi) is 7.22. The van der Waals surface area contributed by atoms with Crippen molar-refractivity contribution in [3.05, 3.63) is 0 Å². The van der Waals surface area contributed by atoms with Gasteiger partial charge in [-0.3, -0.25) is 0 Å². The van der Waals surface area contributed by atoms with E-state index in [1.165, 1.54) is 0 Å². The number of alkyl halides is 3. The number of rotatable bonds is 7. The van der Waals surface area contributed by atoms with E-state index in [1.807, 2.05) is 6.92 Å². The fraction of sp³-hybridized carbons (Fsp3) is 1.00. The summed E-state index contributed by atoms with van der Waals surface area (Å²) in [5.74, 6) is 0. The van der Waals surface area contributed by atoms with Gasteiger partial charge in [-0.05, 0) is 32.6 Å². The summed E-state index contributed by atoms with van der Waals surface area (Å²) in [6.07, 6.45) is -1.91. The molecule has 1 aliphatic rings. The van der Waals surface area contributed by atoms with E-state index in [2.05, 4.69) is 5.32 Å². The molecular weight excluding hydrogens is 275 g/mol. The lowest BCUT2D eigenvalue weighted by Crippen LogP contribution is -2.47. The van der Waals surface area contributed by atoms with Gasteiger partial charge in [0.1, 0.15) is 6.61 Å². The molecule has 20 heavy (non-hydrogen) atoms. The van der Waals surface area contributed by atoms with Crippen molar-refractivity contribution in [3.8, 4) is 0 Å². The normalized spacial score (nSPS) is 25.9. The molecule has 3 unspecified atom stereocenters. The fourth-order valence-corrected chi connectivity index (χ4v) is 2.61. The molecule has 3 atom stereocenters. The van der Waals surface area contributed by atoms with Gasteiger partial charge in [-0.25, -0.2) is 0 Å². The maximum atomic E-state index is 12.1. The van der Waals surface area contributed by atoms with Crippen LogP contribution in [0.2, 0.25) is 0 Å². The van der Waals surface area contributed by atoms with Gasteiger partial charge in [0, 0.05) is 20.3 Å². The quantitative estimate of drug-likeness (QED) is 0.733. The molecule has 0 bridgehead atoms. The largest absolute Gasteiger partial charge is 0.411 e. The number of nitrogens with one attached hydrogen (secondary N) is 1. The predicted molar refractivity (Wildman–Crippen MR) is 68.5 cm³/mol. The number of halogens is 3. The van der Waals surface area contributed by atoms with Crippen LogP contribution < -0.4 is 5.32 Å². The van der Waals surface area contributed by atoms with Crippen LogP contribution in [0.1, 0.15) is 32.6 Å². The summed E-state index contributed by atoms with van der Waals surface area (Å²) in [4.78, 5) is 0. The number of hydrogen-bond acceptors (Lipinski definition) is 4. The SMILES string of the molecule is COC(OC)C(C)NC1CCCC(OCC(F)(F)F)C1. The van der Waals surface area contributed by atoms with Crippen molar-refractivity contribution in [1.29, 1.82) is 0 Å². The third kappa shape index (κ3) is 6.39. The van der Waals surface area contributed by atoms with Gasteiger partial charge in [0.15, 0.2) is 6.29 Å². The van der Waals surface area contributed by atoms with Gasteiger partial charge in [-0.1, -0.05) is 0 Å². The Morgan fingerprint density at radius 2 is 1.85 bits per heavy atom. The fourth-order valence-electron chi connectivity index (χ4n) is 2.61. The molecular formula is C13H24F3NO3. The van der Waals surface area contributed by atoms with Crippen LogP contribution in [0.3, 0.4) is 0 Å². The second-order valence-electron chi connectivity index (χ2n) is 5.21. The molecule has 1 rings (SSSR count). The van der Waals surface area contributed by atoms with Crippen molar-refractivity contribution in [3.63, 3.8) is 0 Å². The Hall–Kier alpha value is -0.370. The average molecular weight is 299 g/mol. The highest BCUT2D eigenvalue weighted by molar-refractivity contribution is 4.81. The first kappa shape index (κ1) is 17.7. The highest BCUT2D eigenvalue weighted by Gasteiger charge is 2.32. The zero-order chi connectivity index (χ0) is 15.2. The van der Waals surface area contributed by atoms with Crippen LogP contribution >= 0.6 is 0 Å². The average Bonchev–Trinajstić information content (AvgIpc) is 2.37. The van der Waals surface area contributed by atoms with E-state index < -0.39 is 12.8 Å². The van der Waals surface area contributed by atoms with Crippen molar-refractivity contribution in [2.24, 2.45) is 0 Å². The van der Waals surface area contributed by atoms with Gasteiger partial charge < -0.3 is 19.5 Å². The maximum absolute atomic E-state index is 12.1. The van der Waals surface area contributed by atoms with E-state index in [-0.39, 0.29) is 24.5 Å². The van der Waals surface area contributed by atoms with Crippen molar-refractivity contribution < 1.29 is 27.4 Å². The number of methoxy groups -OCH3 is 2. The van der Waals surface area contributed by atoms with E-state index in [9.17, 15) is 13.2 Å². The molecule has 0 aromatic carbocycles. The minimum absolute atomic E-state index is 0.0311. The second kappa shape index (κ2) is 8.17. The molecule has 0 aliphatic heterocycles. The van der Waals surface area contributed by atoms with Crippen molar-refractivity contribution in [1.82, 2.24) is 5.32 Å². The van der Waals surface area contributed by atoms with Gasteiger partial charge in [-0.15, -0.1) is 0 Å². The standard InChI is InChI=1S/C13H24F3NO3/c1-9(12(18-2)19-3)17-10-5-4-6-11(7-10)20-8-13(14,15)16/h9-12,17H,4-8H2,1-3H3. The van der Waals surface area contributed by atoms with E-state index in [1.54, 1.807) is 14.2 Å². The number of ether oxygens (including phenoxy) is 3. The first-order valence-corrected chi connectivity index (χ1v) is 6.85. The summed E-state index contributed by atoms with van der Waals surface area (Å²) in [5, 5.41) is 3.34. The molecule has 1 saturated carbocycles. The summed E-state index contributed by atoms with van der Waals surface area (Å²) < 4.78 is 51.7. The minimum Gasteiger partial charge on any atom is -0.369 e. The first-order chi connectivity index (χ1) is 9.35. The van der Waals surface area contributed by atoms with Crippen LogP contribution in [-0.4, -0.2) is 51.5 Å². The van der Waals surface area contributed by atoms with Crippen LogP contribution in [-0.2, 0) is 14.2 Å². The lowest BCUT2D eigenvalue weighted by atomic mass is 9.92. The summed E-state index contributed by atoms with van der Waals surface area (Å²) in [7, 11) is 3.12. The second-order valence-corrected chi connectivity index (χ2v) is 5.21. The van der Waals surface area contributed by atoms with E-state index in [0.29, 0.717) is 12.8 Å². The molecule has 120 valence electrons. The maximum Gasteiger partial charge on any atom is 0.411 e. The van der Waals surface area contributed by atoms with Gasteiger partial charge in [-0.2, -0.15) is 13.2 Å². The molecule has 7 heteroatoms. The van der Waals surface area contributed by atoms with Gasteiger partial charge >= 0.3 is 6.18 Å². The molecule has 1 aliphatic carbocycles. The van der Waals surface area contributed by atoms with Crippen LogP contribution in [0.4, 0.5) is 13.2 Å². The predicted octanol–water partition coefficient (Wildman–Crippen LogP) is 2.47. The van der Waals surface area contributed by atoms with Crippen LogP contribution in [0.5, 0.6) is 0 Å². The van der Waals surface area contributed by atoms with Crippen molar-refractivity contribution >= 4 is 0 Å². The lowest BCUT2D eigenvalue weighted by molar-refractivity contribution is -0.188. The van der Waals surface area contributed by atoms with E-state index in [4.69, 9.17) is 14.2 Å². The van der Waals surface area contributed by atoms with Crippen molar-refractivity contribution in [2.45, 2.75) is 63.3 Å². The van der Waals surface area contributed by atoms with E-state index in [0.717, 1.165) is 12.8 Å². The monoisotopic (exact) mass is 299 g/mol. The Balaban J connectivity index is 2.37. The Morgan fingerprint density at radius 3 is 2.40 bits per heavy atom. The molecule has 0 radical (unpaired) electrons. The summed E-state index contributed by atoms with van der Waals surface area (Å²) in [6, 6.07) is 0.0983. The zero-order valence-corrected chi connectivity index (χ0v) is 12.2. The molecule has 1 fully saturated rings. The Morgan fingerprint density at radius 1 is 1.20 bits per heavy atom. The molecule has 1 N–H and O–H groups in total. The lowest BCUT2D eigenvalue weighted by Gasteiger charge is -2.33. The van der Waals surface area contributed by atoms with Crippen molar-refractivity contribution in [2.75, 3.05) is 20.8 Å². The van der Waals surface area contributed by atoms with Gasteiger partial charge in [0.2, 0.25) is 0 Å². The van der Waals surface area contributed by atoms with Crippen LogP contribution in [0.15, 0.2) is 0 Å². The third-order valence-electron chi connectivity index (χ3n) is 3.48. The molecule has 0 saturated heterocycles. The molecule has 0 spiro atoms. The van der Waals surface area contributed by atoms with Gasteiger partial charge in [0.25, 0.3) is 0 Å². The highest BCUT2D eigenvalue weighted by Crippen LogP contribution is 2.24. The molecule has 0 aromatic rings. The number of hydrogen-bond donors (Lipinski definition) is 1. The minimum atomic E-state index is -4.26. The third-order valence-corrected chi connectivity index (χ3v) is 3.48. The van der Waals surface area contributed by atoms with E-state index >= 15 is 0 Å². The topological polar surface area (TPSA) is 39.7 Å². The molecule has 0 amide bonds.